The zero-order chi connectivity index (χ0) is 16.3. The summed E-state index contributed by atoms with van der Waals surface area (Å²) in [7, 11) is -3.62. The van der Waals surface area contributed by atoms with Crippen molar-refractivity contribution in [3.05, 3.63) is 28.2 Å². The Bertz CT molecular complexity index is 638. The van der Waals surface area contributed by atoms with Crippen molar-refractivity contribution < 1.29 is 13.2 Å². The summed E-state index contributed by atoms with van der Waals surface area (Å²) < 4.78 is 25.0. The molecule has 1 aromatic rings. The van der Waals surface area contributed by atoms with Crippen LogP contribution in [0.25, 0.3) is 0 Å². The maximum atomic E-state index is 12.1. The van der Waals surface area contributed by atoms with Crippen LogP contribution in [0.2, 0.25) is 10.0 Å². The van der Waals surface area contributed by atoms with E-state index in [1.54, 1.807) is 0 Å². The van der Waals surface area contributed by atoms with Gasteiger partial charge >= 0.3 is 0 Å². The van der Waals surface area contributed by atoms with Gasteiger partial charge in [0.05, 0.1) is 11.9 Å². The molecule has 0 spiro atoms. The Balaban J connectivity index is 2.17. The van der Waals surface area contributed by atoms with Gasteiger partial charge in [0.2, 0.25) is 15.9 Å². The number of halogens is 2. The molecule has 1 amide bonds. The Morgan fingerprint density at radius 1 is 1.23 bits per heavy atom. The molecule has 8 heteroatoms. The van der Waals surface area contributed by atoms with Gasteiger partial charge in [0.1, 0.15) is 6.54 Å². The van der Waals surface area contributed by atoms with E-state index in [0.717, 1.165) is 36.2 Å². The summed E-state index contributed by atoms with van der Waals surface area (Å²) in [5.74, 6) is -0.326. The summed E-state index contributed by atoms with van der Waals surface area (Å²) >= 11 is 11.8. The minimum Gasteiger partial charge on any atom is -0.352 e. The highest BCUT2D eigenvalue weighted by Gasteiger charge is 2.24. The molecule has 5 nitrogen and oxygen atoms in total. The number of nitrogens with zero attached hydrogens (tertiary/aromatic N) is 1. The number of sulfonamides is 1. The average Bonchev–Trinajstić information content (AvgIpc) is 2.86. The average molecular weight is 365 g/mol. The Labute approximate surface area is 140 Å². The van der Waals surface area contributed by atoms with E-state index in [2.05, 4.69) is 5.32 Å². The van der Waals surface area contributed by atoms with Crippen molar-refractivity contribution in [2.75, 3.05) is 17.1 Å². The third kappa shape index (κ3) is 4.76. The maximum Gasteiger partial charge on any atom is 0.240 e. The first-order valence-electron chi connectivity index (χ1n) is 6.99. The number of hydrogen-bond donors (Lipinski definition) is 1. The van der Waals surface area contributed by atoms with Crippen LogP contribution in [0.4, 0.5) is 5.69 Å². The van der Waals surface area contributed by atoms with Crippen molar-refractivity contribution in [1.29, 1.82) is 0 Å². The Kier molecular flexibility index (Phi) is 5.58. The maximum absolute atomic E-state index is 12.1. The lowest BCUT2D eigenvalue weighted by Gasteiger charge is -2.23. The minimum absolute atomic E-state index is 0.136. The number of rotatable bonds is 5. The molecule has 0 aromatic heterocycles. The fourth-order valence-corrected chi connectivity index (χ4v) is 3.91. The largest absolute Gasteiger partial charge is 0.352 e. The highest BCUT2D eigenvalue weighted by molar-refractivity contribution is 7.92. The summed E-state index contributed by atoms with van der Waals surface area (Å²) in [6.07, 6.45) is 5.10. The molecule has 0 unspecified atom stereocenters. The summed E-state index contributed by atoms with van der Waals surface area (Å²) in [6.45, 7) is -0.286. The molecule has 1 aliphatic carbocycles. The second-order valence-electron chi connectivity index (χ2n) is 5.45. The lowest BCUT2D eigenvalue weighted by atomic mass is 10.2. The zero-order valence-corrected chi connectivity index (χ0v) is 14.5. The molecular formula is C14H18Cl2N2O3S. The molecule has 22 heavy (non-hydrogen) atoms. The molecule has 1 saturated carbocycles. The third-order valence-corrected chi connectivity index (χ3v) is 5.12. The van der Waals surface area contributed by atoms with Crippen LogP contribution in [-0.2, 0) is 14.8 Å². The van der Waals surface area contributed by atoms with Crippen LogP contribution in [-0.4, -0.2) is 33.2 Å². The van der Waals surface area contributed by atoms with Crippen LogP contribution >= 0.6 is 23.2 Å². The lowest BCUT2D eigenvalue weighted by Crippen LogP contribution is -2.43. The number of carbonyl (C=O) groups is 1. The molecule has 1 fully saturated rings. The van der Waals surface area contributed by atoms with Crippen molar-refractivity contribution in [2.45, 2.75) is 31.7 Å². The van der Waals surface area contributed by atoms with Crippen LogP contribution in [0, 0.1) is 0 Å². The second-order valence-corrected chi connectivity index (χ2v) is 8.23. The first-order chi connectivity index (χ1) is 10.3. The van der Waals surface area contributed by atoms with E-state index in [4.69, 9.17) is 23.2 Å². The molecule has 0 radical (unpaired) electrons. The Morgan fingerprint density at radius 2 is 1.77 bits per heavy atom. The summed E-state index contributed by atoms with van der Waals surface area (Å²) in [6, 6.07) is 4.58. The van der Waals surface area contributed by atoms with Gasteiger partial charge in [-0.15, -0.1) is 0 Å². The van der Waals surface area contributed by atoms with Gasteiger partial charge in [0.15, 0.2) is 0 Å². The summed E-state index contributed by atoms with van der Waals surface area (Å²) in [4.78, 5) is 12.1. The van der Waals surface area contributed by atoms with Crippen LogP contribution in [0.5, 0.6) is 0 Å². The first-order valence-corrected chi connectivity index (χ1v) is 9.59. The van der Waals surface area contributed by atoms with E-state index in [9.17, 15) is 13.2 Å². The van der Waals surface area contributed by atoms with E-state index in [1.165, 1.54) is 18.2 Å². The fraction of sp³-hybridized carbons (Fsp3) is 0.500. The molecule has 122 valence electrons. The van der Waals surface area contributed by atoms with Crippen LogP contribution in [0.1, 0.15) is 25.7 Å². The summed E-state index contributed by atoms with van der Waals surface area (Å²) in [5, 5.41) is 3.49. The van der Waals surface area contributed by atoms with Gasteiger partial charge in [0.25, 0.3) is 0 Å². The van der Waals surface area contributed by atoms with Gasteiger partial charge in [-0.2, -0.15) is 0 Å². The van der Waals surface area contributed by atoms with Crippen molar-refractivity contribution in [3.8, 4) is 0 Å². The highest BCUT2D eigenvalue weighted by atomic mass is 35.5. The molecule has 0 aliphatic heterocycles. The quantitative estimate of drug-likeness (QED) is 0.873. The highest BCUT2D eigenvalue weighted by Crippen LogP contribution is 2.27. The number of amides is 1. The van der Waals surface area contributed by atoms with Gasteiger partial charge in [-0.25, -0.2) is 8.42 Å². The molecule has 1 aliphatic rings. The Hall–Kier alpha value is -0.980. The molecule has 0 saturated heterocycles. The molecule has 1 aromatic carbocycles. The number of benzene rings is 1. The molecule has 0 bridgehead atoms. The van der Waals surface area contributed by atoms with Crippen molar-refractivity contribution in [2.24, 2.45) is 0 Å². The summed E-state index contributed by atoms with van der Waals surface area (Å²) in [5.41, 5.74) is 0.279. The molecular weight excluding hydrogens is 347 g/mol. The fourth-order valence-electron chi connectivity index (χ4n) is 2.56. The van der Waals surface area contributed by atoms with E-state index in [1.807, 2.05) is 0 Å². The van der Waals surface area contributed by atoms with Crippen LogP contribution in [0.15, 0.2) is 18.2 Å². The zero-order valence-electron chi connectivity index (χ0n) is 12.2. The topological polar surface area (TPSA) is 66.5 Å². The second kappa shape index (κ2) is 7.06. The van der Waals surface area contributed by atoms with Gasteiger partial charge in [-0.1, -0.05) is 36.0 Å². The van der Waals surface area contributed by atoms with Crippen molar-refractivity contribution in [3.63, 3.8) is 0 Å². The van der Waals surface area contributed by atoms with Crippen LogP contribution < -0.4 is 9.62 Å². The third-order valence-electron chi connectivity index (χ3n) is 3.54. The van der Waals surface area contributed by atoms with E-state index in [0.29, 0.717) is 10.0 Å². The minimum atomic E-state index is -3.62. The normalized spacial score (nSPS) is 15.8. The van der Waals surface area contributed by atoms with Crippen LogP contribution in [0.3, 0.4) is 0 Å². The van der Waals surface area contributed by atoms with E-state index >= 15 is 0 Å². The molecule has 0 atom stereocenters. The molecule has 1 N–H and O–H groups in total. The molecule has 0 heterocycles. The van der Waals surface area contributed by atoms with Gasteiger partial charge < -0.3 is 5.32 Å². The predicted molar refractivity (Wildman–Crippen MR) is 89.1 cm³/mol. The first kappa shape index (κ1) is 17.4. The van der Waals surface area contributed by atoms with E-state index in [-0.39, 0.29) is 24.2 Å². The van der Waals surface area contributed by atoms with Crippen molar-refractivity contribution >= 4 is 44.8 Å². The predicted octanol–water partition coefficient (Wildman–Crippen LogP) is 2.82. The standard InChI is InChI=1S/C14H18Cl2N2O3S/c1-22(20,21)18(13-7-10(15)6-11(16)8-13)9-14(19)17-12-4-2-3-5-12/h6-8,12H,2-5,9H2,1H3,(H,17,19). The van der Waals surface area contributed by atoms with E-state index < -0.39 is 10.0 Å². The molecule has 2 rings (SSSR count). The lowest BCUT2D eigenvalue weighted by molar-refractivity contribution is -0.120. The number of anilines is 1. The number of hydrogen-bond acceptors (Lipinski definition) is 3. The number of carbonyl (C=O) groups excluding carboxylic acids is 1. The Morgan fingerprint density at radius 3 is 2.27 bits per heavy atom. The van der Waals surface area contributed by atoms with Gasteiger partial charge in [-0.05, 0) is 31.0 Å². The monoisotopic (exact) mass is 364 g/mol. The van der Waals surface area contributed by atoms with Gasteiger partial charge in [0, 0.05) is 16.1 Å². The SMILES string of the molecule is CS(=O)(=O)N(CC(=O)NC1CCCC1)c1cc(Cl)cc(Cl)c1. The number of nitrogens with one attached hydrogen (secondary N) is 1. The van der Waals surface area contributed by atoms with Gasteiger partial charge in [-0.3, -0.25) is 9.10 Å². The smallest absolute Gasteiger partial charge is 0.240 e. The van der Waals surface area contributed by atoms with Crippen molar-refractivity contribution in [1.82, 2.24) is 5.32 Å².